The fourth-order valence-electron chi connectivity index (χ4n) is 0.110. The zero-order valence-corrected chi connectivity index (χ0v) is 4.36. The molecule has 0 saturated carbocycles. The Morgan fingerprint density at radius 1 is 1.86 bits per heavy atom. The van der Waals surface area contributed by atoms with E-state index >= 15 is 0 Å². The predicted octanol–water partition coefficient (Wildman–Crippen LogP) is -0.159. The lowest BCUT2D eigenvalue weighted by atomic mass is 10.2. The van der Waals surface area contributed by atoms with Crippen molar-refractivity contribution >= 4 is 5.84 Å². The average Bonchev–Trinajstić information content (AvgIpc) is 1.65. The van der Waals surface area contributed by atoms with Gasteiger partial charge in [0.05, 0.1) is 5.84 Å². The van der Waals surface area contributed by atoms with Crippen LogP contribution in [-0.2, 0) is 0 Å². The molecule has 0 bridgehead atoms. The molecule has 0 spiro atoms. The van der Waals surface area contributed by atoms with Crippen LogP contribution in [0.3, 0.4) is 0 Å². The Morgan fingerprint density at radius 2 is 2.29 bits per heavy atom. The van der Waals surface area contributed by atoms with Crippen LogP contribution < -0.4 is 11.5 Å². The minimum absolute atomic E-state index is 0.0694. The van der Waals surface area contributed by atoms with E-state index in [0.29, 0.717) is 0 Å². The van der Waals surface area contributed by atoms with Gasteiger partial charge >= 0.3 is 0 Å². The molecule has 0 aromatic heterocycles. The van der Waals surface area contributed by atoms with Crippen molar-refractivity contribution in [1.82, 2.24) is 5.73 Å². The average molecular weight is 100 g/mol. The van der Waals surface area contributed by atoms with Gasteiger partial charge in [-0.3, -0.25) is 11.1 Å². The van der Waals surface area contributed by atoms with Crippen molar-refractivity contribution in [2.75, 3.05) is 6.54 Å². The van der Waals surface area contributed by atoms with Gasteiger partial charge in [-0.25, -0.2) is 0 Å². The van der Waals surface area contributed by atoms with Crippen molar-refractivity contribution in [3.8, 4) is 0 Å². The molecular weight excluding hydrogens is 90.1 g/mol. The maximum atomic E-state index is 6.76. The van der Waals surface area contributed by atoms with Crippen LogP contribution in [0.1, 0.15) is 6.92 Å². The van der Waals surface area contributed by atoms with Crippen LogP contribution in [0.4, 0.5) is 0 Å². The van der Waals surface area contributed by atoms with Gasteiger partial charge in [0.2, 0.25) is 0 Å². The largest absolute Gasteiger partial charge is 0.387 e. The Kier molecular flexibility index (Phi) is 2.37. The molecule has 0 fully saturated rings. The summed E-state index contributed by atoms with van der Waals surface area (Å²) in [5.41, 5.74) is 11.7. The van der Waals surface area contributed by atoms with Crippen LogP contribution in [0, 0.1) is 11.3 Å². The van der Waals surface area contributed by atoms with Crippen LogP contribution in [0.15, 0.2) is 0 Å². The smallest absolute Gasteiger partial charge is 0.0947 e. The van der Waals surface area contributed by atoms with Crippen molar-refractivity contribution in [2.24, 2.45) is 11.7 Å². The topological polar surface area (TPSA) is 73.7 Å². The van der Waals surface area contributed by atoms with Crippen LogP contribution in [0.5, 0.6) is 0 Å². The molecule has 3 nitrogen and oxygen atoms in total. The highest BCUT2D eigenvalue weighted by molar-refractivity contribution is 5.79. The normalized spacial score (nSPS) is 13.4. The van der Waals surface area contributed by atoms with Gasteiger partial charge in [0.1, 0.15) is 0 Å². The molecule has 0 rings (SSSR count). The van der Waals surface area contributed by atoms with Crippen LogP contribution in [-0.4, -0.2) is 12.4 Å². The second-order valence-corrected chi connectivity index (χ2v) is 1.56. The standard InChI is InChI=1S/C4H10N3/c1-3(2-5)4(6)7/h3,5H,2H2,1H3,(H3,6,7). The van der Waals surface area contributed by atoms with E-state index in [1.165, 1.54) is 0 Å². The molecule has 1 radical (unpaired) electrons. The van der Waals surface area contributed by atoms with Crippen molar-refractivity contribution in [1.29, 1.82) is 5.41 Å². The van der Waals surface area contributed by atoms with Crippen molar-refractivity contribution in [3.05, 3.63) is 0 Å². The summed E-state index contributed by atoms with van der Waals surface area (Å²) < 4.78 is 0. The first-order valence-corrected chi connectivity index (χ1v) is 2.17. The summed E-state index contributed by atoms with van der Waals surface area (Å²) in [6, 6.07) is 0. The fraction of sp³-hybridized carbons (Fsp3) is 0.750. The molecule has 0 aliphatic carbocycles. The van der Waals surface area contributed by atoms with E-state index in [1.807, 2.05) is 0 Å². The summed E-state index contributed by atoms with van der Waals surface area (Å²) in [5, 5.41) is 6.76. The molecule has 1 unspecified atom stereocenters. The summed E-state index contributed by atoms with van der Waals surface area (Å²) in [7, 11) is 0. The molecule has 7 heavy (non-hydrogen) atoms. The molecule has 3 heteroatoms. The predicted molar refractivity (Wildman–Crippen MR) is 29.0 cm³/mol. The van der Waals surface area contributed by atoms with Gasteiger partial charge in [-0.1, -0.05) is 6.92 Å². The number of rotatable bonds is 2. The Balaban J connectivity index is 3.34. The third kappa shape index (κ3) is 2.17. The van der Waals surface area contributed by atoms with E-state index in [2.05, 4.69) is 0 Å². The molecule has 0 heterocycles. The minimum atomic E-state index is -0.0694. The SMILES string of the molecule is CC(C[NH])C(=N)N. The minimum Gasteiger partial charge on any atom is -0.387 e. The highest BCUT2D eigenvalue weighted by Gasteiger charge is 1.98. The Labute approximate surface area is 43.2 Å². The lowest BCUT2D eigenvalue weighted by Crippen LogP contribution is -2.22. The molecule has 41 valence electrons. The first-order chi connectivity index (χ1) is 3.18. The van der Waals surface area contributed by atoms with E-state index in [1.54, 1.807) is 6.92 Å². The molecule has 0 aliphatic heterocycles. The summed E-state index contributed by atoms with van der Waals surface area (Å²) in [4.78, 5) is 0. The third-order valence-corrected chi connectivity index (χ3v) is 0.837. The Bertz CT molecular complexity index is 69.3. The molecule has 0 amide bonds. The lowest BCUT2D eigenvalue weighted by molar-refractivity contribution is 0.755. The maximum Gasteiger partial charge on any atom is 0.0947 e. The number of nitrogens with two attached hydrogens (primary N) is 1. The zero-order valence-electron chi connectivity index (χ0n) is 4.36. The van der Waals surface area contributed by atoms with Gasteiger partial charge in [-0.05, 0) is 0 Å². The van der Waals surface area contributed by atoms with E-state index in [9.17, 15) is 0 Å². The molecule has 1 atom stereocenters. The monoisotopic (exact) mass is 100 g/mol. The number of hydrogen-bond donors (Lipinski definition) is 2. The van der Waals surface area contributed by atoms with Gasteiger partial charge in [-0.15, -0.1) is 0 Å². The van der Waals surface area contributed by atoms with Crippen molar-refractivity contribution in [2.45, 2.75) is 6.92 Å². The third-order valence-electron chi connectivity index (χ3n) is 0.837. The molecule has 0 aliphatic rings. The van der Waals surface area contributed by atoms with Gasteiger partial charge < -0.3 is 5.73 Å². The number of hydrogen-bond acceptors (Lipinski definition) is 1. The zero-order chi connectivity index (χ0) is 5.86. The molecule has 0 aromatic rings. The maximum absolute atomic E-state index is 6.76. The van der Waals surface area contributed by atoms with Gasteiger partial charge in [0.25, 0.3) is 0 Å². The van der Waals surface area contributed by atoms with Crippen LogP contribution in [0.2, 0.25) is 0 Å². The number of nitrogens with one attached hydrogen (secondary N) is 2. The van der Waals surface area contributed by atoms with Crippen LogP contribution >= 0.6 is 0 Å². The summed E-state index contributed by atoms with van der Waals surface area (Å²) in [6.45, 7) is 1.98. The van der Waals surface area contributed by atoms with E-state index < -0.39 is 0 Å². The first kappa shape index (κ1) is 6.43. The second-order valence-electron chi connectivity index (χ2n) is 1.56. The molecular formula is C4H10N3. The fourth-order valence-corrected chi connectivity index (χ4v) is 0.110. The highest BCUT2D eigenvalue weighted by atomic mass is 14.7. The number of amidine groups is 1. The first-order valence-electron chi connectivity index (χ1n) is 2.17. The van der Waals surface area contributed by atoms with Crippen molar-refractivity contribution < 1.29 is 0 Å². The van der Waals surface area contributed by atoms with Crippen LogP contribution in [0.25, 0.3) is 0 Å². The molecule has 4 N–H and O–H groups in total. The van der Waals surface area contributed by atoms with Gasteiger partial charge in [-0.2, -0.15) is 0 Å². The summed E-state index contributed by atoms with van der Waals surface area (Å²) in [6.07, 6.45) is 0. The lowest BCUT2D eigenvalue weighted by Gasteiger charge is -2.01. The Hall–Kier alpha value is -0.570. The quantitative estimate of drug-likeness (QED) is 0.367. The second kappa shape index (κ2) is 2.58. The van der Waals surface area contributed by atoms with E-state index in [0.717, 1.165) is 0 Å². The summed E-state index contributed by atoms with van der Waals surface area (Å²) in [5.74, 6) is 0.0370. The molecule has 0 aromatic carbocycles. The van der Waals surface area contributed by atoms with Crippen molar-refractivity contribution in [3.63, 3.8) is 0 Å². The van der Waals surface area contributed by atoms with E-state index in [-0.39, 0.29) is 18.3 Å². The summed E-state index contributed by atoms with van der Waals surface area (Å²) >= 11 is 0. The van der Waals surface area contributed by atoms with Gasteiger partial charge in [0.15, 0.2) is 0 Å². The van der Waals surface area contributed by atoms with Gasteiger partial charge in [0, 0.05) is 12.5 Å². The molecule has 0 saturated heterocycles. The highest BCUT2D eigenvalue weighted by Crippen LogP contribution is 1.86. The Morgan fingerprint density at radius 3 is 2.29 bits per heavy atom. The van der Waals surface area contributed by atoms with E-state index in [4.69, 9.17) is 16.9 Å².